The highest BCUT2D eigenvalue weighted by Gasteiger charge is 2.24. The standard InChI is InChI=1S/C25H25N7OS/c1-18-8-6-7-11-22(18)31-24(30-12-14-33-15-13-30)27-28-25(31)34-17-23-21(16-26)19(2)29-32(23)20-9-4-3-5-10-20/h3-11H,12-15,17H2,1-2H3. The van der Waals surface area contributed by atoms with Gasteiger partial charge in [0.15, 0.2) is 5.16 Å². The Morgan fingerprint density at radius 2 is 1.74 bits per heavy atom. The molecule has 2 aromatic heterocycles. The lowest BCUT2D eigenvalue weighted by atomic mass is 10.2. The number of benzene rings is 2. The summed E-state index contributed by atoms with van der Waals surface area (Å²) in [6.45, 7) is 6.85. The van der Waals surface area contributed by atoms with Crippen LogP contribution in [0.1, 0.15) is 22.5 Å². The summed E-state index contributed by atoms with van der Waals surface area (Å²) in [5.41, 5.74) is 5.29. The van der Waals surface area contributed by atoms with E-state index in [-0.39, 0.29) is 0 Å². The summed E-state index contributed by atoms with van der Waals surface area (Å²) in [7, 11) is 0. The molecule has 1 fully saturated rings. The van der Waals surface area contributed by atoms with Gasteiger partial charge in [-0.15, -0.1) is 10.2 Å². The second-order valence-corrected chi connectivity index (χ2v) is 9.00. The fraction of sp³-hybridized carbons (Fsp3) is 0.280. The van der Waals surface area contributed by atoms with Gasteiger partial charge in [0.25, 0.3) is 0 Å². The molecule has 1 aliphatic rings. The number of nitrogens with zero attached hydrogens (tertiary/aromatic N) is 7. The van der Waals surface area contributed by atoms with E-state index in [1.807, 2.05) is 54.1 Å². The molecule has 2 aromatic carbocycles. The molecule has 0 bridgehead atoms. The number of aryl methyl sites for hydroxylation is 2. The van der Waals surface area contributed by atoms with E-state index in [0.29, 0.717) is 24.5 Å². The maximum absolute atomic E-state index is 9.84. The number of thioether (sulfide) groups is 1. The maximum atomic E-state index is 9.84. The second-order valence-electron chi connectivity index (χ2n) is 8.06. The molecular formula is C25H25N7OS. The summed E-state index contributed by atoms with van der Waals surface area (Å²) in [5, 5.41) is 24.4. The molecule has 0 atom stereocenters. The normalized spacial score (nSPS) is 13.7. The lowest BCUT2D eigenvalue weighted by Gasteiger charge is -2.28. The van der Waals surface area contributed by atoms with Gasteiger partial charge in [0.05, 0.1) is 41.5 Å². The van der Waals surface area contributed by atoms with Crippen LogP contribution in [0.15, 0.2) is 59.8 Å². The Hall–Kier alpha value is -3.61. The first-order valence-corrected chi connectivity index (χ1v) is 12.2. The zero-order chi connectivity index (χ0) is 23.5. The molecule has 1 saturated heterocycles. The molecule has 9 heteroatoms. The van der Waals surface area contributed by atoms with Crippen LogP contribution in [-0.4, -0.2) is 50.8 Å². The highest BCUT2D eigenvalue weighted by atomic mass is 32.2. The Morgan fingerprint density at radius 3 is 2.47 bits per heavy atom. The number of nitriles is 1. The van der Waals surface area contributed by atoms with Gasteiger partial charge in [-0.1, -0.05) is 48.2 Å². The van der Waals surface area contributed by atoms with Crippen molar-refractivity contribution in [3.05, 3.63) is 77.1 Å². The Bertz CT molecular complexity index is 1330. The molecule has 1 aliphatic heterocycles. The third kappa shape index (κ3) is 4.18. The minimum absolute atomic E-state index is 0.533. The summed E-state index contributed by atoms with van der Waals surface area (Å²) >= 11 is 1.56. The molecular weight excluding hydrogens is 446 g/mol. The Kier molecular flexibility index (Phi) is 6.34. The van der Waals surface area contributed by atoms with Crippen LogP contribution in [-0.2, 0) is 10.5 Å². The quantitative estimate of drug-likeness (QED) is 0.392. The van der Waals surface area contributed by atoms with Crippen LogP contribution in [0, 0.1) is 25.2 Å². The molecule has 0 unspecified atom stereocenters. The Morgan fingerprint density at radius 1 is 1.00 bits per heavy atom. The molecule has 4 aromatic rings. The molecule has 3 heterocycles. The van der Waals surface area contributed by atoms with Gasteiger partial charge in [-0.3, -0.25) is 4.57 Å². The smallest absolute Gasteiger partial charge is 0.232 e. The number of morpholine rings is 1. The fourth-order valence-corrected chi connectivity index (χ4v) is 5.06. The van der Waals surface area contributed by atoms with E-state index in [1.54, 1.807) is 11.8 Å². The number of anilines is 1. The van der Waals surface area contributed by atoms with Crippen molar-refractivity contribution in [1.29, 1.82) is 5.26 Å². The van der Waals surface area contributed by atoms with E-state index < -0.39 is 0 Å². The van der Waals surface area contributed by atoms with E-state index in [0.717, 1.165) is 52.5 Å². The molecule has 0 radical (unpaired) electrons. The molecule has 0 amide bonds. The first-order chi connectivity index (χ1) is 16.7. The third-order valence-electron chi connectivity index (χ3n) is 5.87. The topological polar surface area (TPSA) is 84.8 Å². The molecule has 172 valence electrons. The summed E-state index contributed by atoms with van der Waals surface area (Å²) in [4.78, 5) is 2.21. The van der Waals surface area contributed by atoms with E-state index in [2.05, 4.69) is 49.9 Å². The average Bonchev–Trinajstić information content (AvgIpc) is 3.44. The monoisotopic (exact) mass is 471 g/mol. The van der Waals surface area contributed by atoms with Gasteiger partial charge in [0, 0.05) is 18.8 Å². The highest BCUT2D eigenvalue weighted by Crippen LogP contribution is 2.32. The lowest BCUT2D eigenvalue weighted by Crippen LogP contribution is -2.38. The number of hydrogen-bond donors (Lipinski definition) is 0. The molecule has 5 rings (SSSR count). The van der Waals surface area contributed by atoms with Crippen molar-refractivity contribution in [2.75, 3.05) is 31.2 Å². The van der Waals surface area contributed by atoms with Crippen molar-refractivity contribution < 1.29 is 4.74 Å². The van der Waals surface area contributed by atoms with Crippen LogP contribution < -0.4 is 4.90 Å². The van der Waals surface area contributed by atoms with Gasteiger partial charge in [-0.2, -0.15) is 10.4 Å². The van der Waals surface area contributed by atoms with Crippen molar-refractivity contribution in [2.24, 2.45) is 0 Å². The van der Waals surface area contributed by atoms with Gasteiger partial charge in [-0.05, 0) is 37.6 Å². The number of aromatic nitrogens is 5. The van der Waals surface area contributed by atoms with Crippen molar-refractivity contribution in [1.82, 2.24) is 24.5 Å². The van der Waals surface area contributed by atoms with Gasteiger partial charge in [0.1, 0.15) is 6.07 Å². The summed E-state index contributed by atoms with van der Waals surface area (Å²) in [5.74, 6) is 1.35. The second kappa shape index (κ2) is 9.71. The lowest BCUT2D eigenvalue weighted by molar-refractivity contribution is 0.122. The van der Waals surface area contributed by atoms with Crippen LogP contribution in [0.5, 0.6) is 0 Å². The molecule has 0 spiro atoms. The van der Waals surface area contributed by atoms with Gasteiger partial charge in [0.2, 0.25) is 5.95 Å². The van der Waals surface area contributed by atoms with Crippen molar-refractivity contribution in [3.8, 4) is 17.4 Å². The predicted octanol–water partition coefficient (Wildman–Crippen LogP) is 4.07. The molecule has 34 heavy (non-hydrogen) atoms. The largest absolute Gasteiger partial charge is 0.378 e. The van der Waals surface area contributed by atoms with Crippen molar-refractivity contribution >= 4 is 17.7 Å². The van der Waals surface area contributed by atoms with Crippen LogP contribution in [0.4, 0.5) is 5.95 Å². The number of ether oxygens (including phenoxy) is 1. The number of rotatable bonds is 6. The summed E-state index contributed by atoms with van der Waals surface area (Å²) in [6, 6.07) is 20.5. The minimum atomic E-state index is 0.533. The molecule has 0 N–H and O–H groups in total. The Balaban J connectivity index is 1.54. The zero-order valence-corrected chi connectivity index (χ0v) is 20.0. The first-order valence-electron chi connectivity index (χ1n) is 11.2. The van der Waals surface area contributed by atoms with E-state index in [4.69, 9.17) is 4.74 Å². The molecule has 0 saturated carbocycles. The van der Waals surface area contributed by atoms with Crippen molar-refractivity contribution in [3.63, 3.8) is 0 Å². The summed E-state index contributed by atoms with van der Waals surface area (Å²) in [6.07, 6.45) is 0. The first kappa shape index (κ1) is 22.2. The zero-order valence-electron chi connectivity index (χ0n) is 19.2. The van der Waals surface area contributed by atoms with Gasteiger partial charge in [-0.25, -0.2) is 4.68 Å². The van der Waals surface area contributed by atoms with Gasteiger partial charge < -0.3 is 9.64 Å². The van der Waals surface area contributed by atoms with E-state index >= 15 is 0 Å². The minimum Gasteiger partial charge on any atom is -0.378 e. The van der Waals surface area contributed by atoms with Crippen molar-refractivity contribution in [2.45, 2.75) is 24.8 Å². The van der Waals surface area contributed by atoms with Crippen LogP contribution >= 0.6 is 11.8 Å². The fourth-order valence-electron chi connectivity index (χ4n) is 4.12. The van der Waals surface area contributed by atoms with Crippen LogP contribution in [0.3, 0.4) is 0 Å². The number of hydrogen-bond acceptors (Lipinski definition) is 7. The van der Waals surface area contributed by atoms with E-state index in [1.165, 1.54) is 0 Å². The maximum Gasteiger partial charge on any atom is 0.232 e. The van der Waals surface area contributed by atoms with Gasteiger partial charge >= 0.3 is 0 Å². The SMILES string of the molecule is Cc1ccccc1-n1c(SCc2c(C#N)c(C)nn2-c2ccccc2)nnc1N1CCOCC1. The molecule has 0 aliphatic carbocycles. The predicted molar refractivity (Wildman–Crippen MR) is 132 cm³/mol. The number of para-hydroxylation sites is 2. The average molecular weight is 472 g/mol. The van der Waals surface area contributed by atoms with E-state index in [9.17, 15) is 5.26 Å². The Labute approximate surface area is 202 Å². The highest BCUT2D eigenvalue weighted by molar-refractivity contribution is 7.98. The summed E-state index contributed by atoms with van der Waals surface area (Å²) < 4.78 is 9.52. The van der Waals surface area contributed by atoms with Crippen LogP contribution in [0.25, 0.3) is 11.4 Å². The van der Waals surface area contributed by atoms with Crippen LogP contribution in [0.2, 0.25) is 0 Å². The third-order valence-corrected chi connectivity index (χ3v) is 6.81. The molecule has 8 nitrogen and oxygen atoms in total.